The van der Waals surface area contributed by atoms with Crippen LogP contribution in [0.1, 0.15) is 31.9 Å². The van der Waals surface area contributed by atoms with Gasteiger partial charge in [-0.25, -0.2) is 0 Å². The van der Waals surface area contributed by atoms with E-state index >= 15 is 0 Å². The van der Waals surface area contributed by atoms with Crippen molar-refractivity contribution in [2.75, 3.05) is 32.7 Å². The fraction of sp³-hybridized carbons (Fsp3) is 0.600. The molecule has 18 heavy (non-hydrogen) atoms. The maximum absolute atomic E-state index is 9.95. The van der Waals surface area contributed by atoms with Gasteiger partial charge in [-0.1, -0.05) is 44.2 Å². The summed E-state index contributed by atoms with van der Waals surface area (Å²) in [5.74, 6) is 0. The average Bonchev–Trinajstić information content (AvgIpc) is 2.43. The van der Waals surface area contributed by atoms with Crippen LogP contribution in [-0.4, -0.2) is 42.7 Å². The number of hydrogen-bond donors (Lipinski definition) is 2. The van der Waals surface area contributed by atoms with Crippen LogP contribution in [0.25, 0.3) is 0 Å². The molecule has 0 saturated heterocycles. The quantitative estimate of drug-likeness (QED) is 0.658. The van der Waals surface area contributed by atoms with Crippen molar-refractivity contribution in [3.05, 3.63) is 35.9 Å². The Morgan fingerprint density at radius 3 is 2.44 bits per heavy atom. The third-order valence-corrected chi connectivity index (χ3v) is 3.24. The number of nitrogens with one attached hydrogen (secondary N) is 1. The van der Waals surface area contributed by atoms with Gasteiger partial charge in [0, 0.05) is 6.54 Å². The number of aliphatic hydroxyl groups excluding tert-OH is 1. The average molecular weight is 250 g/mol. The molecule has 3 heteroatoms. The molecule has 102 valence electrons. The Hall–Kier alpha value is -0.900. The topological polar surface area (TPSA) is 35.5 Å². The first-order valence-electron chi connectivity index (χ1n) is 6.94. The standard InChI is InChI=1S/C15H26N2O/c1-3-17(4-2)12-8-11-16-13-15(18)14-9-6-5-7-10-14/h5-7,9-10,15-16,18H,3-4,8,11-13H2,1-2H3/t15-/m0/s1. The summed E-state index contributed by atoms with van der Waals surface area (Å²) in [6.45, 7) is 9.32. The van der Waals surface area contributed by atoms with Crippen molar-refractivity contribution >= 4 is 0 Å². The monoisotopic (exact) mass is 250 g/mol. The normalized spacial score (nSPS) is 12.9. The number of nitrogens with zero attached hydrogens (tertiary/aromatic N) is 1. The van der Waals surface area contributed by atoms with E-state index in [2.05, 4.69) is 24.1 Å². The SMILES string of the molecule is CCN(CC)CCCNC[C@H](O)c1ccccc1. The van der Waals surface area contributed by atoms with Gasteiger partial charge < -0.3 is 15.3 Å². The molecule has 0 aliphatic heterocycles. The molecule has 1 aromatic rings. The fourth-order valence-corrected chi connectivity index (χ4v) is 2.00. The summed E-state index contributed by atoms with van der Waals surface area (Å²) in [4.78, 5) is 2.41. The fourth-order valence-electron chi connectivity index (χ4n) is 2.00. The lowest BCUT2D eigenvalue weighted by atomic mass is 10.1. The van der Waals surface area contributed by atoms with Crippen LogP contribution in [0.5, 0.6) is 0 Å². The molecule has 0 amide bonds. The van der Waals surface area contributed by atoms with Gasteiger partial charge in [0.05, 0.1) is 6.10 Å². The zero-order valence-corrected chi connectivity index (χ0v) is 11.6. The van der Waals surface area contributed by atoms with E-state index in [1.807, 2.05) is 30.3 Å². The predicted molar refractivity (Wildman–Crippen MR) is 76.7 cm³/mol. The molecule has 0 aliphatic carbocycles. The summed E-state index contributed by atoms with van der Waals surface area (Å²) in [5, 5.41) is 13.3. The Morgan fingerprint density at radius 2 is 1.83 bits per heavy atom. The third kappa shape index (κ3) is 5.63. The summed E-state index contributed by atoms with van der Waals surface area (Å²) in [7, 11) is 0. The molecule has 0 aromatic heterocycles. The van der Waals surface area contributed by atoms with Gasteiger partial charge in [-0.2, -0.15) is 0 Å². The van der Waals surface area contributed by atoms with Crippen LogP contribution < -0.4 is 5.32 Å². The Morgan fingerprint density at radius 1 is 1.17 bits per heavy atom. The van der Waals surface area contributed by atoms with Crippen LogP contribution in [-0.2, 0) is 0 Å². The van der Waals surface area contributed by atoms with Crippen molar-refractivity contribution in [1.29, 1.82) is 0 Å². The Bertz CT molecular complexity index is 299. The summed E-state index contributed by atoms with van der Waals surface area (Å²) in [6.07, 6.45) is 0.725. The van der Waals surface area contributed by atoms with Gasteiger partial charge in [0.25, 0.3) is 0 Å². The van der Waals surface area contributed by atoms with Crippen LogP contribution in [0.15, 0.2) is 30.3 Å². The van der Waals surface area contributed by atoms with E-state index in [-0.39, 0.29) is 0 Å². The number of aliphatic hydroxyl groups is 1. The van der Waals surface area contributed by atoms with Gasteiger partial charge in [-0.3, -0.25) is 0 Å². The minimum absolute atomic E-state index is 0.403. The largest absolute Gasteiger partial charge is 0.387 e. The van der Waals surface area contributed by atoms with Crippen molar-refractivity contribution in [3.8, 4) is 0 Å². The highest BCUT2D eigenvalue weighted by Gasteiger charge is 2.05. The first-order valence-corrected chi connectivity index (χ1v) is 6.94. The van der Waals surface area contributed by atoms with E-state index in [0.29, 0.717) is 6.54 Å². The molecule has 1 aromatic carbocycles. The van der Waals surface area contributed by atoms with Gasteiger partial charge in [-0.15, -0.1) is 0 Å². The Balaban J connectivity index is 2.11. The summed E-state index contributed by atoms with van der Waals surface area (Å²) in [6, 6.07) is 9.80. The molecule has 0 saturated carbocycles. The smallest absolute Gasteiger partial charge is 0.0914 e. The van der Waals surface area contributed by atoms with Gasteiger partial charge >= 0.3 is 0 Å². The molecule has 0 aliphatic rings. The summed E-state index contributed by atoms with van der Waals surface area (Å²) < 4.78 is 0. The van der Waals surface area contributed by atoms with Crippen molar-refractivity contribution in [2.45, 2.75) is 26.4 Å². The van der Waals surface area contributed by atoms with Crippen LogP contribution >= 0.6 is 0 Å². The molecular weight excluding hydrogens is 224 g/mol. The molecule has 0 fully saturated rings. The maximum atomic E-state index is 9.95. The van der Waals surface area contributed by atoms with E-state index in [1.165, 1.54) is 0 Å². The molecule has 2 N–H and O–H groups in total. The third-order valence-electron chi connectivity index (χ3n) is 3.24. The van der Waals surface area contributed by atoms with E-state index in [9.17, 15) is 5.11 Å². The van der Waals surface area contributed by atoms with Crippen LogP contribution in [0.2, 0.25) is 0 Å². The molecule has 3 nitrogen and oxygen atoms in total. The molecule has 0 bridgehead atoms. The second kappa shape index (κ2) is 9.09. The lowest BCUT2D eigenvalue weighted by molar-refractivity contribution is 0.174. The minimum Gasteiger partial charge on any atom is -0.387 e. The molecular formula is C15H26N2O. The number of rotatable bonds is 9. The Labute approximate surface area is 111 Å². The highest BCUT2D eigenvalue weighted by molar-refractivity contribution is 5.17. The van der Waals surface area contributed by atoms with Gasteiger partial charge in [0.2, 0.25) is 0 Å². The number of benzene rings is 1. The van der Waals surface area contributed by atoms with Crippen molar-refractivity contribution in [3.63, 3.8) is 0 Å². The van der Waals surface area contributed by atoms with Crippen LogP contribution in [0, 0.1) is 0 Å². The number of hydrogen-bond acceptors (Lipinski definition) is 3. The van der Waals surface area contributed by atoms with Crippen LogP contribution in [0.4, 0.5) is 0 Å². The first-order chi connectivity index (χ1) is 8.77. The molecule has 0 radical (unpaired) electrons. The maximum Gasteiger partial charge on any atom is 0.0914 e. The van der Waals surface area contributed by atoms with Crippen LogP contribution in [0.3, 0.4) is 0 Å². The molecule has 0 unspecified atom stereocenters. The summed E-state index contributed by atoms with van der Waals surface area (Å²) in [5.41, 5.74) is 0.980. The lowest BCUT2D eigenvalue weighted by Crippen LogP contribution is -2.28. The van der Waals surface area contributed by atoms with Crippen molar-refractivity contribution < 1.29 is 5.11 Å². The second-order valence-electron chi connectivity index (χ2n) is 4.51. The second-order valence-corrected chi connectivity index (χ2v) is 4.51. The van der Waals surface area contributed by atoms with Crippen molar-refractivity contribution in [2.24, 2.45) is 0 Å². The van der Waals surface area contributed by atoms with Gasteiger partial charge in [0.1, 0.15) is 0 Å². The zero-order valence-electron chi connectivity index (χ0n) is 11.6. The summed E-state index contributed by atoms with van der Waals surface area (Å²) >= 11 is 0. The lowest BCUT2D eigenvalue weighted by Gasteiger charge is -2.18. The predicted octanol–water partition coefficient (Wildman–Crippen LogP) is 2.04. The van der Waals surface area contributed by atoms with Gasteiger partial charge in [0.15, 0.2) is 0 Å². The van der Waals surface area contributed by atoms with E-state index in [0.717, 1.165) is 38.2 Å². The highest BCUT2D eigenvalue weighted by Crippen LogP contribution is 2.10. The van der Waals surface area contributed by atoms with E-state index in [1.54, 1.807) is 0 Å². The first kappa shape index (κ1) is 15.2. The Kier molecular flexibility index (Phi) is 7.65. The zero-order chi connectivity index (χ0) is 13.2. The van der Waals surface area contributed by atoms with E-state index < -0.39 is 6.10 Å². The molecule has 0 spiro atoms. The highest BCUT2D eigenvalue weighted by atomic mass is 16.3. The molecule has 0 heterocycles. The van der Waals surface area contributed by atoms with Crippen molar-refractivity contribution in [1.82, 2.24) is 10.2 Å². The van der Waals surface area contributed by atoms with E-state index in [4.69, 9.17) is 0 Å². The minimum atomic E-state index is -0.403. The van der Waals surface area contributed by atoms with Gasteiger partial charge in [-0.05, 0) is 38.2 Å². The molecule has 1 rings (SSSR count). The molecule has 1 atom stereocenters.